The summed E-state index contributed by atoms with van der Waals surface area (Å²) in [6.45, 7) is 2.23. The summed E-state index contributed by atoms with van der Waals surface area (Å²) in [5.41, 5.74) is 0. The highest BCUT2D eigenvalue weighted by molar-refractivity contribution is 4.81. The molecule has 0 N–H and O–H groups in total. The fourth-order valence-corrected chi connectivity index (χ4v) is 1.31. The molecule has 0 bridgehead atoms. The first-order valence-corrected chi connectivity index (χ1v) is 5.55. The Morgan fingerprint density at radius 3 is 2.21 bits per heavy atom. The summed E-state index contributed by atoms with van der Waals surface area (Å²) in [4.78, 5) is 0. The maximum atomic E-state index is 5.09. The Hall–Kier alpha value is -0.340. The summed E-state index contributed by atoms with van der Waals surface area (Å²) in [5.74, 6) is 0. The Morgan fingerprint density at radius 2 is 1.64 bits per heavy atom. The molecule has 0 aliphatic rings. The van der Waals surface area contributed by atoms with Crippen LogP contribution in [-0.2, 0) is 9.47 Å². The van der Waals surface area contributed by atoms with Crippen molar-refractivity contribution in [2.75, 3.05) is 14.2 Å². The zero-order chi connectivity index (χ0) is 10.6. The zero-order valence-corrected chi connectivity index (χ0v) is 9.79. The summed E-state index contributed by atoms with van der Waals surface area (Å²) in [7, 11) is 3.36. The van der Waals surface area contributed by atoms with E-state index in [9.17, 15) is 0 Å². The van der Waals surface area contributed by atoms with Crippen LogP contribution in [0.15, 0.2) is 12.2 Å². The molecule has 84 valence electrons. The molecular weight excluding hydrogens is 176 g/mol. The largest absolute Gasteiger partial charge is 0.356 e. The molecule has 0 aliphatic carbocycles. The maximum Gasteiger partial charge on any atom is 0.157 e. The average Bonchev–Trinajstić information content (AvgIpc) is 2.22. The predicted molar refractivity (Wildman–Crippen MR) is 60.3 cm³/mol. The smallest absolute Gasteiger partial charge is 0.157 e. The lowest BCUT2D eigenvalue weighted by Gasteiger charge is -2.10. The molecule has 0 fully saturated rings. The highest BCUT2D eigenvalue weighted by Gasteiger charge is 2.01. The van der Waals surface area contributed by atoms with Crippen molar-refractivity contribution < 1.29 is 9.47 Å². The second-order valence-electron chi connectivity index (χ2n) is 3.45. The van der Waals surface area contributed by atoms with E-state index >= 15 is 0 Å². The second kappa shape index (κ2) is 10.7. The Balaban J connectivity index is 3.25. The minimum atomic E-state index is -0.0460. The number of hydrogen-bond acceptors (Lipinski definition) is 2. The molecule has 0 amide bonds. The van der Waals surface area contributed by atoms with Crippen LogP contribution in [0.5, 0.6) is 0 Å². The van der Waals surface area contributed by atoms with Crippen molar-refractivity contribution in [2.24, 2.45) is 0 Å². The van der Waals surface area contributed by atoms with E-state index in [2.05, 4.69) is 19.1 Å². The van der Waals surface area contributed by atoms with Gasteiger partial charge in [-0.1, -0.05) is 31.9 Å². The lowest BCUT2D eigenvalue weighted by atomic mass is 10.2. The molecule has 2 nitrogen and oxygen atoms in total. The van der Waals surface area contributed by atoms with Gasteiger partial charge in [-0.3, -0.25) is 0 Å². The van der Waals surface area contributed by atoms with Gasteiger partial charge in [0.2, 0.25) is 0 Å². The van der Waals surface area contributed by atoms with Gasteiger partial charge in [-0.2, -0.15) is 0 Å². The van der Waals surface area contributed by atoms with Gasteiger partial charge >= 0.3 is 0 Å². The van der Waals surface area contributed by atoms with Crippen LogP contribution >= 0.6 is 0 Å². The molecule has 0 aromatic rings. The second-order valence-corrected chi connectivity index (χ2v) is 3.45. The average molecular weight is 200 g/mol. The topological polar surface area (TPSA) is 18.5 Å². The van der Waals surface area contributed by atoms with Gasteiger partial charge < -0.3 is 9.47 Å². The Labute approximate surface area is 88.3 Å². The molecule has 0 rings (SSSR count). The van der Waals surface area contributed by atoms with E-state index in [1.165, 1.54) is 25.7 Å². The number of rotatable bonds is 9. The molecule has 2 heteroatoms. The van der Waals surface area contributed by atoms with Crippen LogP contribution in [0.4, 0.5) is 0 Å². The Bertz CT molecular complexity index is 128. The molecule has 14 heavy (non-hydrogen) atoms. The van der Waals surface area contributed by atoms with Gasteiger partial charge in [0.15, 0.2) is 6.29 Å². The molecule has 0 atom stereocenters. The number of ether oxygens (including phenoxy) is 2. The van der Waals surface area contributed by atoms with Gasteiger partial charge in [0.25, 0.3) is 0 Å². The normalized spacial score (nSPS) is 11.7. The van der Waals surface area contributed by atoms with Crippen LogP contribution < -0.4 is 0 Å². The summed E-state index contributed by atoms with van der Waals surface area (Å²) in [5, 5.41) is 0. The molecule has 0 aliphatic heterocycles. The van der Waals surface area contributed by atoms with Crippen molar-refractivity contribution in [1.29, 1.82) is 0 Å². The maximum absolute atomic E-state index is 5.09. The molecule has 0 heterocycles. The number of unbranched alkanes of at least 4 members (excludes halogenated alkanes) is 3. The molecule has 0 aromatic carbocycles. The van der Waals surface area contributed by atoms with E-state index in [4.69, 9.17) is 9.47 Å². The van der Waals surface area contributed by atoms with Crippen LogP contribution in [-0.4, -0.2) is 20.5 Å². The monoisotopic (exact) mass is 200 g/mol. The SMILES string of the molecule is CCCCC/C=C/CCC(OC)OC. The third-order valence-corrected chi connectivity index (χ3v) is 2.24. The third-order valence-electron chi connectivity index (χ3n) is 2.24. The van der Waals surface area contributed by atoms with Gasteiger partial charge in [-0.05, 0) is 19.3 Å². The summed E-state index contributed by atoms with van der Waals surface area (Å²) < 4.78 is 10.2. The summed E-state index contributed by atoms with van der Waals surface area (Å²) in [6, 6.07) is 0. The van der Waals surface area contributed by atoms with Gasteiger partial charge in [0.1, 0.15) is 0 Å². The zero-order valence-electron chi connectivity index (χ0n) is 9.79. The first-order chi connectivity index (χ1) is 6.85. The molecule has 0 saturated carbocycles. The van der Waals surface area contributed by atoms with Crippen molar-refractivity contribution in [3.63, 3.8) is 0 Å². The number of methoxy groups -OCH3 is 2. The lowest BCUT2D eigenvalue weighted by molar-refractivity contribution is -0.105. The van der Waals surface area contributed by atoms with Crippen molar-refractivity contribution in [3.05, 3.63) is 12.2 Å². The first-order valence-electron chi connectivity index (χ1n) is 5.55. The van der Waals surface area contributed by atoms with Gasteiger partial charge in [-0.15, -0.1) is 0 Å². The minimum absolute atomic E-state index is 0.0460. The Kier molecular flexibility index (Phi) is 10.5. The molecule has 0 aromatic heterocycles. The van der Waals surface area contributed by atoms with E-state index in [0.29, 0.717) is 0 Å². The fraction of sp³-hybridized carbons (Fsp3) is 0.833. The van der Waals surface area contributed by atoms with E-state index < -0.39 is 0 Å². The van der Waals surface area contributed by atoms with E-state index in [1.54, 1.807) is 14.2 Å². The lowest BCUT2D eigenvalue weighted by Crippen LogP contribution is -2.11. The van der Waals surface area contributed by atoms with Crippen molar-refractivity contribution >= 4 is 0 Å². The van der Waals surface area contributed by atoms with Gasteiger partial charge in [0.05, 0.1) is 0 Å². The predicted octanol–water partition coefficient (Wildman–Crippen LogP) is 3.52. The highest BCUT2D eigenvalue weighted by atomic mass is 16.7. The van der Waals surface area contributed by atoms with Crippen LogP contribution in [0.3, 0.4) is 0 Å². The van der Waals surface area contributed by atoms with Gasteiger partial charge in [-0.25, -0.2) is 0 Å². The van der Waals surface area contributed by atoms with E-state index in [0.717, 1.165) is 12.8 Å². The Morgan fingerprint density at radius 1 is 1.00 bits per heavy atom. The van der Waals surface area contributed by atoms with E-state index in [-0.39, 0.29) is 6.29 Å². The standard InChI is InChI=1S/C12H24O2/c1-4-5-6-7-8-9-10-11-12(13-2)14-3/h8-9,12H,4-7,10-11H2,1-3H3/b9-8+. The summed E-state index contributed by atoms with van der Waals surface area (Å²) >= 11 is 0. The van der Waals surface area contributed by atoms with Crippen molar-refractivity contribution in [1.82, 2.24) is 0 Å². The minimum Gasteiger partial charge on any atom is -0.356 e. The molecule has 0 radical (unpaired) electrons. The first kappa shape index (κ1) is 13.7. The van der Waals surface area contributed by atoms with Crippen LogP contribution in [0.1, 0.15) is 45.4 Å². The van der Waals surface area contributed by atoms with Crippen LogP contribution in [0, 0.1) is 0 Å². The van der Waals surface area contributed by atoms with Crippen LogP contribution in [0.2, 0.25) is 0 Å². The highest BCUT2D eigenvalue weighted by Crippen LogP contribution is 2.04. The molecule has 0 unspecified atom stereocenters. The number of allylic oxidation sites excluding steroid dienone is 2. The molecular formula is C12H24O2. The number of hydrogen-bond donors (Lipinski definition) is 0. The molecule has 0 spiro atoms. The molecule has 0 saturated heterocycles. The van der Waals surface area contributed by atoms with Crippen LogP contribution in [0.25, 0.3) is 0 Å². The van der Waals surface area contributed by atoms with Crippen molar-refractivity contribution in [2.45, 2.75) is 51.7 Å². The third kappa shape index (κ3) is 8.27. The quantitative estimate of drug-likeness (QED) is 0.322. The van der Waals surface area contributed by atoms with Crippen molar-refractivity contribution in [3.8, 4) is 0 Å². The van der Waals surface area contributed by atoms with E-state index in [1.807, 2.05) is 0 Å². The van der Waals surface area contributed by atoms with Gasteiger partial charge in [0, 0.05) is 20.6 Å². The summed E-state index contributed by atoms with van der Waals surface area (Å²) in [6.07, 6.45) is 11.6. The fourth-order valence-electron chi connectivity index (χ4n) is 1.31.